The number of halogens is 1. The first kappa shape index (κ1) is 15.6. The zero-order chi connectivity index (χ0) is 16.6. The second-order valence-corrected chi connectivity index (χ2v) is 6.12. The van der Waals surface area contributed by atoms with Gasteiger partial charge in [-0.25, -0.2) is 0 Å². The molecule has 2 aromatic rings. The molecule has 2 aromatic carbocycles. The molecule has 0 saturated heterocycles. The molecule has 0 saturated carbocycles. The number of benzene rings is 2. The number of aryl methyl sites for hydroxylation is 1. The van der Waals surface area contributed by atoms with Crippen molar-refractivity contribution >= 4 is 29.0 Å². The van der Waals surface area contributed by atoms with E-state index in [-0.39, 0.29) is 6.04 Å². The molecule has 5 heteroatoms. The topological polar surface area (TPSA) is 52.9 Å². The minimum atomic E-state index is -0.873. The summed E-state index contributed by atoms with van der Waals surface area (Å²) in [6, 6.07) is 14.8. The van der Waals surface area contributed by atoms with Crippen LogP contribution in [0.5, 0.6) is 0 Å². The van der Waals surface area contributed by atoms with Crippen LogP contribution in [0.15, 0.2) is 53.6 Å². The zero-order valence-corrected chi connectivity index (χ0v) is 13.7. The normalized spacial score (nSPS) is 20.5. The number of carbonyl (C=O) groups is 1. The van der Waals surface area contributed by atoms with Crippen molar-refractivity contribution in [3.8, 4) is 0 Å². The molecule has 1 aliphatic rings. The van der Waals surface area contributed by atoms with E-state index in [0.29, 0.717) is 10.7 Å². The summed E-state index contributed by atoms with van der Waals surface area (Å²) in [5.74, 6) is -1.56. The Morgan fingerprint density at radius 2 is 1.87 bits per heavy atom. The predicted octanol–water partition coefficient (Wildman–Crippen LogP) is 4.29. The summed E-state index contributed by atoms with van der Waals surface area (Å²) in [5.41, 5.74) is 3.33. The molecule has 0 aromatic heterocycles. The molecule has 0 fully saturated rings. The highest BCUT2D eigenvalue weighted by molar-refractivity contribution is 6.30. The molecular formula is C18H17ClN2O2. The summed E-state index contributed by atoms with van der Waals surface area (Å²) in [6.45, 7) is 3.72. The summed E-state index contributed by atoms with van der Waals surface area (Å²) < 4.78 is 0. The third-order valence-corrected chi connectivity index (χ3v) is 4.36. The first-order valence-electron chi connectivity index (χ1n) is 7.37. The fourth-order valence-corrected chi connectivity index (χ4v) is 3.16. The maximum absolute atomic E-state index is 11.8. The molecule has 0 amide bonds. The van der Waals surface area contributed by atoms with Gasteiger partial charge in [0.2, 0.25) is 0 Å². The maximum atomic E-state index is 11.8. The van der Waals surface area contributed by atoms with E-state index in [2.05, 4.69) is 5.10 Å². The van der Waals surface area contributed by atoms with E-state index in [1.165, 1.54) is 0 Å². The number of rotatable bonds is 3. The van der Waals surface area contributed by atoms with Crippen molar-refractivity contribution in [1.29, 1.82) is 0 Å². The number of carboxylic acids is 1. The highest BCUT2D eigenvalue weighted by Crippen LogP contribution is 2.41. The van der Waals surface area contributed by atoms with Gasteiger partial charge in [-0.15, -0.1) is 0 Å². The molecule has 2 unspecified atom stereocenters. The molecule has 1 aliphatic heterocycles. The van der Waals surface area contributed by atoms with Crippen LogP contribution in [0, 0.1) is 12.8 Å². The molecule has 4 nitrogen and oxygen atoms in total. The van der Waals surface area contributed by atoms with Crippen LogP contribution >= 0.6 is 11.6 Å². The quantitative estimate of drug-likeness (QED) is 0.914. The summed E-state index contributed by atoms with van der Waals surface area (Å²) in [4.78, 5) is 11.8. The van der Waals surface area contributed by atoms with Gasteiger partial charge in [-0.05, 0) is 37.1 Å². The van der Waals surface area contributed by atoms with Crippen molar-refractivity contribution in [2.75, 3.05) is 5.01 Å². The van der Waals surface area contributed by atoms with E-state index in [1.807, 2.05) is 55.5 Å². The van der Waals surface area contributed by atoms with E-state index in [9.17, 15) is 9.90 Å². The fourth-order valence-electron chi connectivity index (χ4n) is 2.99. The molecule has 118 valence electrons. The first-order valence-corrected chi connectivity index (χ1v) is 7.75. The van der Waals surface area contributed by atoms with E-state index in [0.717, 1.165) is 16.8 Å². The van der Waals surface area contributed by atoms with Gasteiger partial charge >= 0.3 is 5.97 Å². The van der Waals surface area contributed by atoms with Gasteiger partial charge in [0.05, 0.1) is 17.4 Å². The average molecular weight is 329 g/mol. The molecular weight excluding hydrogens is 312 g/mol. The summed E-state index contributed by atoms with van der Waals surface area (Å²) >= 11 is 6.13. The molecule has 0 bridgehead atoms. The summed E-state index contributed by atoms with van der Waals surface area (Å²) in [6.07, 6.45) is 0. The number of anilines is 1. The minimum Gasteiger partial charge on any atom is -0.481 e. The Morgan fingerprint density at radius 1 is 1.17 bits per heavy atom. The molecule has 0 spiro atoms. The van der Waals surface area contributed by atoms with Crippen LogP contribution in [0.25, 0.3) is 0 Å². The van der Waals surface area contributed by atoms with Gasteiger partial charge in [-0.1, -0.05) is 48.0 Å². The number of hydrogen-bond acceptors (Lipinski definition) is 3. The molecule has 23 heavy (non-hydrogen) atoms. The number of hydrogen-bond donors (Lipinski definition) is 1. The SMILES string of the molecule is CC1=NN(c2cc(Cl)ccc2C)C(c2ccccc2)C1C(=O)O. The van der Waals surface area contributed by atoms with Crippen molar-refractivity contribution < 1.29 is 9.90 Å². The standard InChI is InChI=1S/C18H17ClN2O2/c1-11-8-9-14(19)10-15(11)21-17(13-6-4-3-5-7-13)16(18(22)23)12(2)20-21/h3-10,16-17H,1-2H3,(H,22,23). The molecule has 2 atom stereocenters. The van der Waals surface area contributed by atoms with Gasteiger partial charge in [-0.2, -0.15) is 5.10 Å². The Labute approximate surface area is 140 Å². The summed E-state index contributed by atoms with van der Waals surface area (Å²) in [7, 11) is 0. The molecule has 0 radical (unpaired) electrons. The molecule has 3 rings (SSSR count). The van der Waals surface area contributed by atoms with Crippen LogP contribution in [0.1, 0.15) is 24.1 Å². The lowest BCUT2D eigenvalue weighted by Gasteiger charge is -2.28. The van der Waals surface area contributed by atoms with E-state index >= 15 is 0 Å². The maximum Gasteiger partial charge on any atom is 0.314 e. The second kappa shape index (κ2) is 6.05. The monoisotopic (exact) mass is 328 g/mol. The smallest absolute Gasteiger partial charge is 0.314 e. The molecule has 1 N–H and O–H groups in total. The van der Waals surface area contributed by atoms with Gasteiger partial charge in [0.1, 0.15) is 5.92 Å². The van der Waals surface area contributed by atoms with Crippen molar-refractivity contribution in [1.82, 2.24) is 0 Å². The highest BCUT2D eigenvalue weighted by atomic mass is 35.5. The lowest BCUT2D eigenvalue weighted by atomic mass is 9.90. The number of carboxylic acid groups (broad SMARTS) is 1. The Kier molecular flexibility index (Phi) is 4.09. The van der Waals surface area contributed by atoms with Crippen LogP contribution in [-0.4, -0.2) is 16.8 Å². The Bertz CT molecular complexity index is 774. The predicted molar refractivity (Wildman–Crippen MR) is 92.1 cm³/mol. The van der Waals surface area contributed by atoms with Crippen molar-refractivity contribution in [3.63, 3.8) is 0 Å². The van der Waals surface area contributed by atoms with E-state index < -0.39 is 11.9 Å². The van der Waals surface area contributed by atoms with Gasteiger partial charge in [0.15, 0.2) is 0 Å². The lowest BCUT2D eigenvalue weighted by molar-refractivity contribution is -0.139. The number of nitrogens with zero attached hydrogens (tertiary/aromatic N) is 2. The van der Waals surface area contributed by atoms with Crippen LogP contribution in [0.2, 0.25) is 5.02 Å². The van der Waals surface area contributed by atoms with Gasteiger partial charge < -0.3 is 5.11 Å². The van der Waals surface area contributed by atoms with E-state index in [4.69, 9.17) is 11.6 Å². The van der Waals surface area contributed by atoms with Gasteiger partial charge in [-0.3, -0.25) is 9.80 Å². The van der Waals surface area contributed by atoms with Crippen molar-refractivity contribution in [2.24, 2.45) is 11.0 Å². The van der Waals surface area contributed by atoms with Crippen LogP contribution in [-0.2, 0) is 4.79 Å². The van der Waals surface area contributed by atoms with Gasteiger partial charge in [0.25, 0.3) is 0 Å². The van der Waals surface area contributed by atoms with Crippen LogP contribution < -0.4 is 5.01 Å². The van der Waals surface area contributed by atoms with Crippen molar-refractivity contribution in [2.45, 2.75) is 19.9 Å². The first-order chi connectivity index (χ1) is 11.0. The number of hydrazone groups is 1. The third kappa shape index (κ3) is 2.82. The third-order valence-electron chi connectivity index (χ3n) is 4.12. The lowest BCUT2D eigenvalue weighted by Crippen LogP contribution is -2.30. The highest BCUT2D eigenvalue weighted by Gasteiger charge is 2.42. The van der Waals surface area contributed by atoms with Crippen LogP contribution in [0.4, 0.5) is 5.69 Å². The average Bonchev–Trinajstić information content (AvgIpc) is 2.88. The Balaban J connectivity index is 2.14. The van der Waals surface area contributed by atoms with Crippen molar-refractivity contribution in [3.05, 3.63) is 64.7 Å². The van der Waals surface area contributed by atoms with Crippen LogP contribution in [0.3, 0.4) is 0 Å². The Morgan fingerprint density at radius 3 is 2.52 bits per heavy atom. The molecule has 0 aliphatic carbocycles. The second-order valence-electron chi connectivity index (χ2n) is 5.69. The zero-order valence-electron chi connectivity index (χ0n) is 12.9. The summed E-state index contributed by atoms with van der Waals surface area (Å²) in [5, 5.41) is 16.6. The number of aliphatic carboxylic acids is 1. The largest absolute Gasteiger partial charge is 0.481 e. The fraction of sp³-hybridized carbons (Fsp3) is 0.222. The Hall–Kier alpha value is -2.33. The van der Waals surface area contributed by atoms with E-state index in [1.54, 1.807) is 11.9 Å². The van der Waals surface area contributed by atoms with Gasteiger partial charge in [0, 0.05) is 5.02 Å². The molecule has 1 heterocycles. The minimum absolute atomic E-state index is 0.383.